The number of phosphoric ester groups is 1. The van der Waals surface area contributed by atoms with Crippen LogP contribution in [0.5, 0.6) is 0 Å². The van der Waals surface area contributed by atoms with E-state index in [4.69, 9.17) is 19.6 Å². The minimum absolute atomic E-state index is 0.711. The molecule has 0 amide bonds. The number of aliphatic hydroxyl groups is 1. The van der Waals surface area contributed by atoms with Crippen LogP contribution >= 0.6 is 7.82 Å². The number of aromatic amines is 1. The monoisotopic (exact) mass is 326 g/mol. The quantitative estimate of drug-likeness (QED) is 0.475. The van der Waals surface area contributed by atoms with E-state index in [-0.39, 0.29) is 0 Å². The maximum Gasteiger partial charge on any atom is 0.470 e. The molecule has 4 atom stereocenters. The van der Waals surface area contributed by atoms with E-state index in [9.17, 15) is 18.5 Å². The highest BCUT2D eigenvalue weighted by Gasteiger charge is 2.49. The molecule has 1 aliphatic heterocycles. The number of hydrogen-bond acceptors (Lipinski definition) is 6. The summed E-state index contributed by atoms with van der Waals surface area (Å²) >= 11 is 0. The van der Waals surface area contributed by atoms with E-state index < -0.39 is 50.3 Å². The average Bonchev–Trinajstić information content (AvgIpc) is 2.65. The zero-order valence-electron chi connectivity index (χ0n) is 10.3. The molecule has 2 rings (SSSR count). The Hall–Kier alpha value is -1.36. The Morgan fingerprint density at radius 2 is 2.14 bits per heavy atom. The number of nitrogens with zero attached hydrogens (tertiary/aromatic N) is 1. The third-order valence-corrected chi connectivity index (χ3v) is 3.35. The van der Waals surface area contributed by atoms with Gasteiger partial charge in [-0.25, -0.2) is 13.8 Å². The van der Waals surface area contributed by atoms with Crippen molar-refractivity contribution in [3.05, 3.63) is 33.1 Å². The van der Waals surface area contributed by atoms with Crippen molar-refractivity contribution in [3.8, 4) is 0 Å². The van der Waals surface area contributed by atoms with Crippen molar-refractivity contribution >= 4 is 7.82 Å². The molecular weight excluding hydrogens is 314 g/mol. The SMILES string of the molecule is O=c1ccn([C@@H]2O[C@H](CO)[C@@H](F)[C@H]2OP(=O)(O)O)c(=O)[nH]1. The molecule has 0 unspecified atom stereocenters. The average molecular weight is 326 g/mol. The molecule has 12 heteroatoms. The lowest BCUT2D eigenvalue weighted by Gasteiger charge is -2.21. The molecule has 0 aromatic carbocycles. The minimum atomic E-state index is -5.06. The van der Waals surface area contributed by atoms with Crippen molar-refractivity contribution in [2.24, 2.45) is 0 Å². The number of ether oxygens (including phenoxy) is 1. The Balaban J connectivity index is 2.41. The first-order chi connectivity index (χ1) is 9.73. The molecule has 0 saturated carbocycles. The van der Waals surface area contributed by atoms with Crippen LogP contribution in [-0.4, -0.2) is 49.4 Å². The van der Waals surface area contributed by atoms with E-state index in [1.165, 1.54) is 0 Å². The molecule has 0 spiro atoms. The van der Waals surface area contributed by atoms with Crippen LogP contribution < -0.4 is 11.2 Å². The molecule has 1 aromatic rings. The lowest BCUT2D eigenvalue weighted by molar-refractivity contribution is -0.0529. The second-order valence-corrected chi connectivity index (χ2v) is 5.46. The van der Waals surface area contributed by atoms with Crippen molar-refractivity contribution in [1.82, 2.24) is 9.55 Å². The molecule has 4 N–H and O–H groups in total. The normalized spacial score (nSPS) is 29.7. The number of H-pyrrole nitrogens is 1. The number of alkyl halides is 1. The maximum absolute atomic E-state index is 14.0. The van der Waals surface area contributed by atoms with Gasteiger partial charge in [-0.2, -0.15) is 0 Å². The van der Waals surface area contributed by atoms with Crippen LogP contribution in [0.25, 0.3) is 0 Å². The van der Waals surface area contributed by atoms with Crippen molar-refractivity contribution in [1.29, 1.82) is 0 Å². The predicted octanol–water partition coefficient (Wildman–Crippen LogP) is -1.76. The highest BCUT2D eigenvalue weighted by molar-refractivity contribution is 7.46. The van der Waals surface area contributed by atoms with E-state index in [1.54, 1.807) is 0 Å². The molecular formula is C9H12FN2O8P. The molecule has 0 radical (unpaired) electrons. The first kappa shape index (κ1) is 16.0. The van der Waals surface area contributed by atoms with E-state index in [1.807, 2.05) is 4.98 Å². The molecule has 0 bridgehead atoms. The summed E-state index contributed by atoms with van der Waals surface area (Å²) in [6.45, 7) is -0.781. The number of aromatic nitrogens is 2. The van der Waals surface area contributed by atoms with Gasteiger partial charge in [-0.05, 0) is 0 Å². The van der Waals surface area contributed by atoms with E-state index in [0.29, 0.717) is 4.57 Å². The molecule has 1 fully saturated rings. The van der Waals surface area contributed by atoms with Gasteiger partial charge in [0.15, 0.2) is 12.4 Å². The van der Waals surface area contributed by atoms with Gasteiger partial charge in [0.1, 0.15) is 12.2 Å². The summed E-state index contributed by atoms with van der Waals surface area (Å²) in [5.74, 6) is 0. The fraction of sp³-hybridized carbons (Fsp3) is 0.556. The van der Waals surface area contributed by atoms with Gasteiger partial charge in [0.2, 0.25) is 0 Å². The summed E-state index contributed by atoms with van der Waals surface area (Å²) in [5.41, 5.74) is -1.69. The number of hydrogen-bond donors (Lipinski definition) is 4. The minimum Gasteiger partial charge on any atom is -0.394 e. The first-order valence-electron chi connectivity index (χ1n) is 5.69. The molecule has 21 heavy (non-hydrogen) atoms. The number of phosphoric acid groups is 1. The van der Waals surface area contributed by atoms with Gasteiger partial charge in [-0.3, -0.25) is 18.9 Å². The van der Waals surface area contributed by atoms with Crippen LogP contribution in [0.2, 0.25) is 0 Å². The molecule has 10 nitrogen and oxygen atoms in total. The summed E-state index contributed by atoms with van der Waals surface area (Å²) in [6.07, 6.45) is -5.91. The van der Waals surface area contributed by atoms with Gasteiger partial charge in [-0.15, -0.1) is 0 Å². The highest BCUT2D eigenvalue weighted by Crippen LogP contribution is 2.45. The van der Waals surface area contributed by atoms with Gasteiger partial charge in [0, 0.05) is 12.3 Å². The van der Waals surface area contributed by atoms with Gasteiger partial charge in [-0.1, -0.05) is 0 Å². The Kier molecular flexibility index (Phi) is 4.42. The van der Waals surface area contributed by atoms with E-state index in [0.717, 1.165) is 12.3 Å². The summed E-state index contributed by atoms with van der Waals surface area (Å²) in [4.78, 5) is 42.1. The molecule has 0 aliphatic carbocycles. The van der Waals surface area contributed by atoms with E-state index in [2.05, 4.69) is 4.52 Å². The molecule has 1 aromatic heterocycles. The van der Waals surface area contributed by atoms with Crippen LogP contribution in [0.4, 0.5) is 4.39 Å². The number of halogens is 1. The fourth-order valence-electron chi connectivity index (χ4n) is 1.96. The zero-order chi connectivity index (χ0) is 15.8. The Morgan fingerprint density at radius 1 is 1.48 bits per heavy atom. The Bertz CT molecular complexity index is 668. The van der Waals surface area contributed by atoms with Crippen molar-refractivity contribution in [3.63, 3.8) is 0 Å². The third kappa shape index (κ3) is 3.46. The largest absolute Gasteiger partial charge is 0.470 e. The van der Waals surface area contributed by atoms with Crippen LogP contribution in [-0.2, 0) is 13.8 Å². The lowest BCUT2D eigenvalue weighted by Crippen LogP contribution is -2.37. The second kappa shape index (κ2) is 5.79. The molecule has 118 valence electrons. The van der Waals surface area contributed by atoms with Crippen LogP contribution in [0.1, 0.15) is 6.23 Å². The number of rotatable bonds is 4. The maximum atomic E-state index is 14.0. The van der Waals surface area contributed by atoms with Crippen molar-refractivity contribution < 1.29 is 33.1 Å². The van der Waals surface area contributed by atoms with E-state index >= 15 is 0 Å². The Morgan fingerprint density at radius 3 is 2.67 bits per heavy atom. The zero-order valence-corrected chi connectivity index (χ0v) is 11.2. The topological polar surface area (TPSA) is 151 Å². The first-order valence-corrected chi connectivity index (χ1v) is 7.22. The van der Waals surface area contributed by atoms with Gasteiger partial charge in [0.25, 0.3) is 5.56 Å². The van der Waals surface area contributed by atoms with Crippen LogP contribution in [0.3, 0.4) is 0 Å². The van der Waals surface area contributed by atoms with Crippen molar-refractivity contribution in [2.45, 2.75) is 24.6 Å². The van der Waals surface area contributed by atoms with Gasteiger partial charge < -0.3 is 19.6 Å². The van der Waals surface area contributed by atoms with Crippen LogP contribution in [0.15, 0.2) is 21.9 Å². The summed E-state index contributed by atoms with van der Waals surface area (Å²) < 4.78 is 34.9. The predicted molar refractivity (Wildman–Crippen MR) is 64.1 cm³/mol. The number of nitrogens with one attached hydrogen (secondary N) is 1. The second-order valence-electron chi connectivity index (χ2n) is 4.27. The molecule has 1 aliphatic rings. The third-order valence-electron chi connectivity index (χ3n) is 2.83. The fourth-order valence-corrected chi connectivity index (χ4v) is 2.50. The summed E-state index contributed by atoms with van der Waals surface area (Å²) in [7, 11) is -5.06. The smallest absolute Gasteiger partial charge is 0.394 e. The lowest BCUT2D eigenvalue weighted by atomic mass is 10.1. The molecule has 1 saturated heterocycles. The van der Waals surface area contributed by atoms with Gasteiger partial charge >= 0.3 is 13.5 Å². The van der Waals surface area contributed by atoms with Gasteiger partial charge in [0.05, 0.1) is 6.61 Å². The Labute approximate surface area is 116 Å². The highest BCUT2D eigenvalue weighted by atomic mass is 31.2. The van der Waals surface area contributed by atoms with Crippen molar-refractivity contribution in [2.75, 3.05) is 6.61 Å². The molecule has 2 heterocycles. The summed E-state index contributed by atoms with van der Waals surface area (Å²) in [5, 5.41) is 8.97. The standard InChI is InChI=1S/C9H12FN2O8P/c10-6-4(3-13)19-8(7(6)20-21(16,17)18)12-2-1-5(14)11-9(12)15/h1-2,4,6-8,13H,3H2,(H,11,14,15)(H2,16,17,18)/t4-,6-,7-,8-/m1/s1. The summed E-state index contributed by atoms with van der Waals surface area (Å²) in [6, 6.07) is 0.943. The number of aliphatic hydroxyl groups excluding tert-OH is 1. The van der Waals surface area contributed by atoms with Crippen LogP contribution in [0, 0.1) is 0 Å².